The van der Waals surface area contributed by atoms with Crippen molar-refractivity contribution in [2.45, 2.75) is 39.7 Å². The third kappa shape index (κ3) is 2.90. The quantitative estimate of drug-likeness (QED) is 0.805. The number of fused-ring (bicyclic) bond motifs is 1. The van der Waals surface area contributed by atoms with Crippen molar-refractivity contribution in [2.24, 2.45) is 0 Å². The van der Waals surface area contributed by atoms with Crippen LogP contribution >= 0.6 is 11.3 Å². The van der Waals surface area contributed by atoms with Gasteiger partial charge in [0.25, 0.3) is 0 Å². The van der Waals surface area contributed by atoms with Gasteiger partial charge in [-0.3, -0.25) is 4.98 Å². The van der Waals surface area contributed by atoms with Crippen LogP contribution in [-0.2, 0) is 12.0 Å². The van der Waals surface area contributed by atoms with Crippen LogP contribution in [-0.4, -0.2) is 19.6 Å². The Balaban J connectivity index is 1.77. The number of hydrogen-bond donors (Lipinski definition) is 1. The SMILES string of the molecule is Cc1cnccc1CNc1nn2cc(C(C)(C)C)nc2s1. The second-order valence-corrected chi connectivity index (χ2v) is 7.12. The van der Waals surface area contributed by atoms with E-state index < -0.39 is 0 Å². The molecule has 0 bridgehead atoms. The highest BCUT2D eigenvalue weighted by atomic mass is 32.1. The summed E-state index contributed by atoms with van der Waals surface area (Å²) in [5.74, 6) is 0. The molecule has 0 amide bonds. The average molecular weight is 301 g/mol. The summed E-state index contributed by atoms with van der Waals surface area (Å²) in [4.78, 5) is 9.68. The Labute approximate surface area is 128 Å². The van der Waals surface area contributed by atoms with Gasteiger partial charge in [0.05, 0.1) is 11.9 Å². The molecule has 3 rings (SSSR count). The molecule has 5 nitrogen and oxygen atoms in total. The summed E-state index contributed by atoms with van der Waals surface area (Å²) >= 11 is 1.57. The number of nitrogens with zero attached hydrogens (tertiary/aromatic N) is 4. The fraction of sp³-hybridized carbons (Fsp3) is 0.400. The van der Waals surface area contributed by atoms with Gasteiger partial charge in [-0.25, -0.2) is 9.50 Å². The Morgan fingerprint density at radius 2 is 2.14 bits per heavy atom. The smallest absolute Gasteiger partial charge is 0.214 e. The number of nitrogens with one attached hydrogen (secondary N) is 1. The van der Waals surface area contributed by atoms with Crippen molar-refractivity contribution in [3.8, 4) is 0 Å². The first-order valence-corrected chi connectivity index (χ1v) is 7.75. The molecule has 1 N–H and O–H groups in total. The van der Waals surface area contributed by atoms with E-state index in [0.717, 1.165) is 22.3 Å². The lowest BCUT2D eigenvalue weighted by Gasteiger charge is -2.13. The van der Waals surface area contributed by atoms with Crippen molar-refractivity contribution in [3.05, 3.63) is 41.5 Å². The van der Waals surface area contributed by atoms with Crippen LogP contribution in [0.4, 0.5) is 5.13 Å². The molecule has 110 valence electrons. The molecule has 0 saturated heterocycles. The number of anilines is 1. The molecular weight excluding hydrogens is 282 g/mol. The largest absolute Gasteiger partial charge is 0.356 e. The van der Waals surface area contributed by atoms with Crippen LogP contribution in [0.3, 0.4) is 0 Å². The number of imidazole rings is 1. The van der Waals surface area contributed by atoms with Gasteiger partial charge in [-0.1, -0.05) is 32.1 Å². The maximum absolute atomic E-state index is 4.65. The van der Waals surface area contributed by atoms with Crippen LogP contribution in [0.15, 0.2) is 24.7 Å². The van der Waals surface area contributed by atoms with Crippen molar-refractivity contribution in [1.82, 2.24) is 19.6 Å². The zero-order valence-corrected chi connectivity index (χ0v) is 13.5. The molecule has 6 heteroatoms. The van der Waals surface area contributed by atoms with E-state index in [1.54, 1.807) is 11.3 Å². The third-order valence-electron chi connectivity index (χ3n) is 3.38. The van der Waals surface area contributed by atoms with Crippen molar-refractivity contribution >= 4 is 21.4 Å². The second-order valence-electron chi connectivity index (χ2n) is 6.17. The number of hydrogen-bond acceptors (Lipinski definition) is 5. The Morgan fingerprint density at radius 3 is 2.81 bits per heavy atom. The first-order chi connectivity index (χ1) is 9.93. The van der Waals surface area contributed by atoms with Gasteiger partial charge in [0.1, 0.15) is 0 Å². The molecule has 0 unspecified atom stereocenters. The highest BCUT2D eigenvalue weighted by molar-refractivity contribution is 7.20. The fourth-order valence-corrected chi connectivity index (χ4v) is 2.78. The standard InChI is InChI=1S/C15H19N5S/c1-10-7-16-6-5-11(10)8-17-13-19-20-9-12(15(2,3)4)18-14(20)21-13/h5-7,9H,8H2,1-4H3,(H,17,19). The Hall–Kier alpha value is -1.95. The van der Waals surface area contributed by atoms with Crippen LogP contribution in [0.25, 0.3) is 4.96 Å². The van der Waals surface area contributed by atoms with E-state index in [-0.39, 0.29) is 5.41 Å². The monoisotopic (exact) mass is 301 g/mol. The van der Waals surface area contributed by atoms with Crippen LogP contribution in [0.5, 0.6) is 0 Å². The molecule has 0 atom stereocenters. The zero-order chi connectivity index (χ0) is 15.0. The maximum atomic E-state index is 4.65. The van der Waals surface area contributed by atoms with Crippen molar-refractivity contribution < 1.29 is 0 Å². The van der Waals surface area contributed by atoms with E-state index >= 15 is 0 Å². The minimum atomic E-state index is 0.0508. The molecule has 3 heterocycles. The van der Waals surface area contributed by atoms with Crippen LogP contribution < -0.4 is 5.32 Å². The molecule has 3 aromatic heterocycles. The summed E-state index contributed by atoms with van der Waals surface area (Å²) in [6.07, 6.45) is 5.70. The predicted molar refractivity (Wildman–Crippen MR) is 85.9 cm³/mol. The van der Waals surface area contributed by atoms with E-state index in [4.69, 9.17) is 0 Å². The van der Waals surface area contributed by atoms with Gasteiger partial charge in [0.15, 0.2) is 0 Å². The van der Waals surface area contributed by atoms with Crippen molar-refractivity contribution in [2.75, 3.05) is 5.32 Å². The molecule has 0 radical (unpaired) electrons. The lowest BCUT2D eigenvalue weighted by molar-refractivity contribution is 0.572. The molecule has 0 spiro atoms. The minimum Gasteiger partial charge on any atom is -0.356 e. The molecule has 0 aliphatic heterocycles. The number of aryl methyl sites for hydroxylation is 1. The molecule has 0 fully saturated rings. The number of aromatic nitrogens is 4. The molecule has 21 heavy (non-hydrogen) atoms. The number of rotatable bonds is 3. The zero-order valence-electron chi connectivity index (χ0n) is 12.7. The van der Waals surface area contributed by atoms with E-state index in [1.165, 1.54) is 11.1 Å². The van der Waals surface area contributed by atoms with Gasteiger partial charge in [-0.15, -0.1) is 5.10 Å². The number of pyridine rings is 1. The predicted octanol–water partition coefficient (Wildman–Crippen LogP) is 3.40. The second kappa shape index (κ2) is 5.11. The molecular formula is C15H19N5S. The lowest BCUT2D eigenvalue weighted by atomic mass is 9.93. The van der Waals surface area contributed by atoms with Crippen LogP contribution in [0.1, 0.15) is 37.6 Å². The van der Waals surface area contributed by atoms with Crippen molar-refractivity contribution in [1.29, 1.82) is 0 Å². The topological polar surface area (TPSA) is 55.1 Å². The third-order valence-corrected chi connectivity index (χ3v) is 4.26. The summed E-state index contributed by atoms with van der Waals surface area (Å²) in [6.45, 7) is 9.28. The average Bonchev–Trinajstić information content (AvgIpc) is 2.95. The molecule has 0 aliphatic carbocycles. The molecule has 0 saturated carbocycles. The summed E-state index contributed by atoms with van der Waals surface area (Å²) in [7, 11) is 0. The highest BCUT2D eigenvalue weighted by Gasteiger charge is 2.19. The summed E-state index contributed by atoms with van der Waals surface area (Å²) in [6, 6.07) is 2.03. The Morgan fingerprint density at radius 1 is 1.33 bits per heavy atom. The summed E-state index contributed by atoms with van der Waals surface area (Å²) in [5.41, 5.74) is 3.53. The summed E-state index contributed by atoms with van der Waals surface area (Å²) in [5, 5.41) is 8.78. The van der Waals surface area contributed by atoms with E-state index in [9.17, 15) is 0 Å². The summed E-state index contributed by atoms with van der Waals surface area (Å²) < 4.78 is 1.85. The fourth-order valence-electron chi connectivity index (χ4n) is 2.00. The lowest BCUT2D eigenvalue weighted by Crippen LogP contribution is -2.11. The van der Waals surface area contributed by atoms with Crippen LogP contribution in [0.2, 0.25) is 0 Å². The minimum absolute atomic E-state index is 0.0508. The normalized spacial score (nSPS) is 12.0. The Bertz CT molecular complexity index is 734. The van der Waals surface area contributed by atoms with Crippen molar-refractivity contribution in [3.63, 3.8) is 0 Å². The van der Waals surface area contributed by atoms with Gasteiger partial charge >= 0.3 is 0 Å². The molecule has 0 aromatic carbocycles. The van der Waals surface area contributed by atoms with E-state index in [1.807, 2.05) is 29.2 Å². The molecule has 0 aliphatic rings. The Kier molecular flexibility index (Phi) is 3.41. The van der Waals surface area contributed by atoms with Gasteiger partial charge in [0, 0.05) is 24.4 Å². The van der Waals surface area contributed by atoms with Gasteiger partial charge < -0.3 is 5.32 Å². The van der Waals surface area contributed by atoms with Gasteiger partial charge in [-0.2, -0.15) is 0 Å². The van der Waals surface area contributed by atoms with Gasteiger partial charge in [0.2, 0.25) is 10.1 Å². The maximum Gasteiger partial charge on any atom is 0.214 e. The molecule has 3 aromatic rings. The highest BCUT2D eigenvalue weighted by Crippen LogP contribution is 2.25. The van der Waals surface area contributed by atoms with E-state index in [0.29, 0.717) is 0 Å². The van der Waals surface area contributed by atoms with Gasteiger partial charge in [-0.05, 0) is 24.1 Å². The van der Waals surface area contributed by atoms with Crippen LogP contribution in [0, 0.1) is 6.92 Å². The first-order valence-electron chi connectivity index (χ1n) is 6.93. The first kappa shape index (κ1) is 14.0. The van der Waals surface area contributed by atoms with E-state index in [2.05, 4.69) is 48.1 Å².